The van der Waals surface area contributed by atoms with Crippen LogP contribution >= 0.6 is 11.6 Å². The van der Waals surface area contributed by atoms with E-state index in [0.717, 1.165) is 5.02 Å². The summed E-state index contributed by atoms with van der Waals surface area (Å²) in [6, 6.07) is 17.2. The normalized spacial score (nSPS) is 13.8. The third-order valence-electron chi connectivity index (χ3n) is 3.76. The zero-order chi connectivity index (χ0) is 15.4. The van der Waals surface area contributed by atoms with E-state index in [4.69, 9.17) is 11.6 Å². The topological polar surface area (TPSA) is 15.3 Å². The highest BCUT2D eigenvalue weighted by molar-refractivity contribution is 6.30. The minimum atomic E-state index is 0.257. The Morgan fingerprint density at radius 3 is 2.10 bits per heavy atom. The van der Waals surface area contributed by atoms with Crippen molar-refractivity contribution in [2.24, 2.45) is 0 Å². The fraction of sp³-hybridized carbons (Fsp3) is 0.333. The van der Waals surface area contributed by atoms with E-state index in [1.54, 1.807) is 0 Å². The summed E-state index contributed by atoms with van der Waals surface area (Å²) in [5.41, 5.74) is 3.71. The molecule has 0 bridgehead atoms. The van der Waals surface area contributed by atoms with Gasteiger partial charge >= 0.3 is 0 Å². The first kappa shape index (κ1) is 15.9. The molecular formula is C18H23ClN2. The van der Waals surface area contributed by atoms with Gasteiger partial charge in [0.15, 0.2) is 0 Å². The van der Waals surface area contributed by atoms with Crippen LogP contribution in [0.3, 0.4) is 0 Å². The van der Waals surface area contributed by atoms with Gasteiger partial charge in [-0.1, -0.05) is 35.9 Å². The number of benzene rings is 2. The zero-order valence-corrected chi connectivity index (χ0v) is 13.9. The molecule has 0 aliphatic rings. The van der Waals surface area contributed by atoms with E-state index in [0.29, 0.717) is 0 Å². The van der Waals surface area contributed by atoms with Crippen molar-refractivity contribution >= 4 is 17.3 Å². The fourth-order valence-corrected chi connectivity index (χ4v) is 2.60. The highest BCUT2D eigenvalue weighted by Crippen LogP contribution is 2.23. The number of halogens is 1. The molecule has 112 valence electrons. The molecule has 0 spiro atoms. The molecule has 0 heterocycles. The molecule has 2 atom stereocenters. The van der Waals surface area contributed by atoms with Crippen molar-refractivity contribution in [3.8, 4) is 0 Å². The Hall–Kier alpha value is -1.51. The summed E-state index contributed by atoms with van der Waals surface area (Å²) in [6.07, 6.45) is 0. The lowest BCUT2D eigenvalue weighted by Crippen LogP contribution is -2.22. The van der Waals surface area contributed by atoms with Gasteiger partial charge in [0.25, 0.3) is 0 Å². The van der Waals surface area contributed by atoms with Crippen LogP contribution in [0.15, 0.2) is 48.5 Å². The third kappa shape index (κ3) is 4.23. The summed E-state index contributed by atoms with van der Waals surface area (Å²) in [5.74, 6) is 0. The lowest BCUT2D eigenvalue weighted by atomic mass is 10.0. The van der Waals surface area contributed by atoms with E-state index in [1.807, 2.05) is 18.2 Å². The molecule has 0 radical (unpaired) electrons. The van der Waals surface area contributed by atoms with Gasteiger partial charge in [-0.15, -0.1) is 0 Å². The molecule has 2 rings (SSSR count). The van der Waals surface area contributed by atoms with Crippen LogP contribution in [-0.4, -0.2) is 14.1 Å². The number of nitrogens with one attached hydrogen (secondary N) is 1. The van der Waals surface area contributed by atoms with Gasteiger partial charge in [-0.05, 0) is 49.2 Å². The van der Waals surface area contributed by atoms with Gasteiger partial charge in [0, 0.05) is 36.9 Å². The Labute approximate surface area is 132 Å². The quantitative estimate of drug-likeness (QED) is 0.852. The van der Waals surface area contributed by atoms with E-state index in [-0.39, 0.29) is 12.1 Å². The Bertz CT molecular complexity index is 578. The lowest BCUT2D eigenvalue weighted by Gasteiger charge is -2.22. The maximum atomic E-state index is 6.06. The first-order valence-electron chi connectivity index (χ1n) is 7.26. The monoisotopic (exact) mass is 302 g/mol. The van der Waals surface area contributed by atoms with Crippen LogP contribution in [-0.2, 0) is 0 Å². The molecule has 0 saturated heterocycles. The van der Waals surface area contributed by atoms with E-state index < -0.39 is 0 Å². The number of hydrogen-bond acceptors (Lipinski definition) is 2. The van der Waals surface area contributed by atoms with Crippen LogP contribution in [0.5, 0.6) is 0 Å². The maximum absolute atomic E-state index is 6.06. The van der Waals surface area contributed by atoms with Crippen molar-refractivity contribution < 1.29 is 0 Å². The number of anilines is 1. The largest absolute Gasteiger partial charge is 0.378 e. The van der Waals surface area contributed by atoms with Gasteiger partial charge in [0.2, 0.25) is 0 Å². The van der Waals surface area contributed by atoms with Gasteiger partial charge in [-0.2, -0.15) is 0 Å². The second kappa shape index (κ2) is 6.97. The van der Waals surface area contributed by atoms with Crippen molar-refractivity contribution in [3.63, 3.8) is 0 Å². The Balaban J connectivity index is 2.05. The van der Waals surface area contributed by atoms with Crippen molar-refractivity contribution in [2.75, 3.05) is 19.0 Å². The van der Waals surface area contributed by atoms with Crippen LogP contribution in [0.1, 0.15) is 37.1 Å². The first-order chi connectivity index (χ1) is 9.97. The predicted molar refractivity (Wildman–Crippen MR) is 92.2 cm³/mol. The molecule has 0 aliphatic carbocycles. The molecule has 0 saturated carbocycles. The molecule has 0 aromatic heterocycles. The molecule has 0 fully saturated rings. The molecular weight excluding hydrogens is 280 g/mol. The minimum Gasteiger partial charge on any atom is -0.378 e. The zero-order valence-electron chi connectivity index (χ0n) is 13.1. The molecule has 2 nitrogen and oxygen atoms in total. The summed E-state index contributed by atoms with van der Waals surface area (Å²) in [5, 5.41) is 4.40. The number of nitrogens with zero attached hydrogens (tertiary/aromatic N) is 1. The standard InChI is InChI=1S/C18H23ClN2/c1-13(15-8-10-18(11-9-15)21(3)4)20-14(2)16-6-5-7-17(19)12-16/h5-14,20H,1-4H3/t13?,14-/m1/s1. The molecule has 3 heteroatoms. The molecule has 0 aliphatic heterocycles. The molecule has 1 N–H and O–H groups in total. The van der Waals surface area contributed by atoms with Gasteiger partial charge in [-0.3, -0.25) is 0 Å². The molecule has 1 unspecified atom stereocenters. The van der Waals surface area contributed by atoms with Crippen molar-refractivity contribution in [1.82, 2.24) is 5.32 Å². The first-order valence-corrected chi connectivity index (χ1v) is 7.64. The van der Waals surface area contributed by atoms with E-state index in [1.165, 1.54) is 16.8 Å². The van der Waals surface area contributed by atoms with Crippen LogP contribution in [0.4, 0.5) is 5.69 Å². The summed E-state index contributed by atoms with van der Waals surface area (Å²) < 4.78 is 0. The molecule has 2 aromatic carbocycles. The second-order valence-electron chi connectivity index (χ2n) is 5.65. The molecule has 0 amide bonds. The summed E-state index contributed by atoms with van der Waals surface area (Å²) in [4.78, 5) is 2.11. The molecule has 21 heavy (non-hydrogen) atoms. The minimum absolute atomic E-state index is 0.257. The van der Waals surface area contributed by atoms with E-state index in [9.17, 15) is 0 Å². The van der Waals surface area contributed by atoms with Gasteiger partial charge in [0.1, 0.15) is 0 Å². The Morgan fingerprint density at radius 2 is 1.52 bits per heavy atom. The Kier molecular flexibility index (Phi) is 5.27. The average molecular weight is 303 g/mol. The smallest absolute Gasteiger partial charge is 0.0409 e. The van der Waals surface area contributed by atoms with Crippen LogP contribution in [0, 0.1) is 0 Å². The van der Waals surface area contributed by atoms with Gasteiger partial charge < -0.3 is 10.2 Å². The Morgan fingerprint density at radius 1 is 0.905 bits per heavy atom. The predicted octanol–water partition coefficient (Wildman–Crippen LogP) is 4.82. The number of rotatable bonds is 5. The van der Waals surface area contributed by atoms with E-state index >= 15 is 0 Å². The van der Waals surface area contributed by atoms with Crippen molar-refractivity contribution in [2.45, 2.75) is 25.9 Å². The third-order valence-corrected chi connectivity index (χ3v) is 3.99. The average Bonchev–Trinajstić information content (AvgIpc) is 2.47. The van der Waals surface area contributed by atoms with Crippen LogP contribution < -0.4 is 10.2 Å². The maximum Gasteiger partial charge on any atom is 0.0409 e. The SMILES string of the molecule is CC(N[C@H](C)c1cccc(Cl)c1)c1ccc(N(C)C)cc1. The van der Waals surface area contributed by atoms with Crippen LogP contribution in [0.25, 0.3) is 0 Å². The second-order valence-corrected chi connectivity index (χ2v) is 6.09. The van der Waals surface area contributed by atoms with Crippen molar-refractivity contribution in [3.05, 3.63) is 64.7 Å². The summed E-state index contributed by atoms with van der Waals surface area (Å²) in [7, 11) is 4.11. The lowest BCUT2D eigenvalue weighted by molar-refractivity contribution is 0.495. The molecule has 2 aromatic rings. The number of hydrogen-bond donors (Lipinski definition) is 1. The van der Waals surface area contributed by atoms with Gasteiger partial charge in [-0.25, -0.2) is 0 Å². The highest BCUT2D eigenvalue weighted by Gasteiger charge is 2.11. The highest BCUT2D eigenvalue weighted by atomic mass is 35.5. The fourth-order valence-electron chi connectivity index (χ4n) is 2.40. The van der Waals surface area contributed by atoms with Crippen LogP contribution in [0.2, 0.25) is 5.02 Å². The summed E-state index contributed by atoms with van der Waals surface area (Å²) >= 11 is 6.06. The summed E-state index contributed by atoms with van der Waals surface area (Å²) in [6.45, 7) is 4.35. The van der Waals surface area contributed by atoms with E-state index in [2.05, 4.69) is 68.5 Å². The van der Waals surface area contributed by atoms with Crippen molar-refractivity contribution in [1.29, 1.82) is 0 Å². The van der Waals surface area contributed by atoms with Gasteiger partial charge in [0.05, 0.1) is 0 Å².